The van der Waals surface area contributed by atoms with Gasteiger partial charge in [-0.05, 0) is 12.8 Å². The third-order valence-electron chi connectivity index (χ3n) is 3.54. The fraction of sp³-hybridized carbons (Fsp3) is 0.533. The Labute approximate surface area is 136 Å². The number of carbonyl (C=O) groups is 1. The molecule has 2 aromatic heterocycles. The average molecular weight is 338 g/mol. The van der Waals surface area contributed by atoms with Crippen LogP contribution in [-0.2, 0) is 14.6 Å². The topological polar surface area (TPSA) is 93.4 Å². The van der Waals surface area contributed by atoms with Gasteiger partial charge in [-0.3, -0.25) is 4.79 Å². The summed E-state index contributed by atoms with van der Waals surface area (Å²) in [5.74, 6) is 0.161. The van der Waals surface area contributed by atoms with Crippen LogP contribution < -0.4 is 5.32 Å². The van der Waals surface area contributed by atoms with Crippen molar-refractivity contribution in [1.29, 1.82) is 0 Å². The lowest BCUT2D eigenvalue weighted by Crippen LogP contribution is -2.20. The van der Waals surface area contributed by atoms with E-state index in [0.29, 0.717) is 17.8 Å². The van der Waals surface area contributed by atoms with E-state index >= 15 is 0 Å². The molecule has 1 unspecified atom stereocenters. The molecule has 23 heavy (non-hydrogen) atoms. The second-order valence-electron chi connectivity index (χ2n) is 5.95. The van der Waals surface area contributed by atoms with Crippen LogP contribution in [0.3, 0.4) is 0 Å². The highest BCUT2D eigenvalue weighted by atomic mass is 32.2. The molecule has 126 valence electrons. The molecule has 0 spiro atoms. The standard InChI is InChI=1S/C15H22N4O3S/c1-5-6-10(2)7-14(20)17-15-12(23(4,21)22)9-16-13-8-11(3)18-19(13)15/h8-10H,5-7H2,1-4H3,(H,17,20). The van der Waals surface area contributed by atoms with Crippen molar-refractivity contribution in [1.82, 2.24) is 14.6 Å². The number of rotatable bonds is 6. The van der Waals surface area contributed by atoms with Gasteiger partial charge in [0.2, 0.25) is 5.91 Å². The highest BCUT2D eigenvalue weighted by molar-refractivity contribution is 7.90. The minimum Gasteiger partial charge on any atom is -0.309 e. The van der Waals surface area contributed by atoms with E-state index in [1.54, 1.807) is 13.0 Å². The molecule has 0 bridgehead atoms. The Kier molecular flexibility index (Phi) is 5.03. The van der Waals surface area contributed by atoms with E-state index in [0.717, 1.165) is 19.1 Å². The van der Waals surface area contributed by atoms with E-state index in [1.807, 2.05) is 6.92 Å². The van der Waals surface area contributed by atoms with Crippen molar-refractivity contribution in [2.45, 2.75) is 44.9 Å². The Hall–Kier alpha value is -1.96. The summed E-state index contributed by atoms with van der Waals surface area (Å²) in [5, 5.41) is 6.94. The second-order valence-corrected chi connectivity index (χ2v) is 7.93. The number of aryl methyl sites for hydroxylation is 1. The molecule has 1 amide bonds. The van der Waals surface area contributed by atoms with Gasteiger partial charge in [0, 0.05) is 18.7 Å². The first-order chi connectivity index (χ1) is 10.7. The minimum atomic E-state index is -3.54. The molecule has 8 heteroatoms. The van der Waals surface area contributed by atoms with Crippen molar-refractivity contribution in [2.24, 2.45) is 5.92 Å². The van der Waals surface area contributed by atoms with E-state index in [2.05, 4.69) is 22.3 Å². The number of hydrogen-bond acceptors (Lipinski definition) is 5. The quantitative estimate of drug-likeness (QED) is 0.871. The molecule has 2 aromatic rings. The molecule has 1 atom stereocenters. The third kappa shape index (κ3) is 4.07. The first-order valence-corrected chi connectivity index (χ1v) is 9.46. The Morgan fingerprint density at radius 1 is 1.43 bits per heavy atom. The zero-order chi connectivity index (χ0) is 17.2. The Morgan fingerprint density at radius 3 is 2.74 bits per heavy atom. The van der Waals surface area contributed by atoms with E-state index < -0.39 is 9.84 Å². The SMILES string of the molecule is CCCC(C)CC(=O)Nc1c(S(C)(=O)=O)cnc2cc(C)nn12. The Bertz CT molecular complexity index is 827. The van der Waals surface area contributed by atoms with Gasteiger partial charge in [-0.15, -0.1) is 0 Å². The van der Waals surface area contributed by atoms with Gasteiger partial charge in [-0.1, -0.05) is 26.7 Å². The van der Waals surface area contributed by atoms with Crippen molar-refractivity contribution in [3.8, 4) is 0 Å². The van der Waals surface area contributed by atoms with Crippen LogP contribution >= 0.6 is 0 Å². The van der Waals surface area contributed by atoms with Crippen molar-refractivity contribution in [3.63, 3.8) is 0 Å². The Morgan fingerprint density at radius 2 is 2.13 bits per heavy atom. The number of aromatic nitrogens is 3. The number of anilines is 1. The van der Waals surface area contributed by atoms with Crippen molar-refractivity contribution >= 4 is 27.2 Å². The fourth-order valence-corrected chi connectivity index (χ4v) is 3.25. The number of amides is 1. The number of nitrogens with zero attached hydrogens (tertiary/aromatic N) is 3. The zero-order valence-corrected chi connectivity index (χ0v) is 14.6. The van der Waals surface area contributed by atoms with Crippen LogP contribution in [0, 0.1) is 12.8 Å². The Balaban J connectivity index is 2.42. The van der Waals surface area contributed by atoms with E-state index in [4.69, 9.17) is 0 Å². The van der Waals surface area contributed by atoms with Crippen molar-refractivity contribution in [2.75, 3.05) is 11.6 Å². The number of nitrogens with one attached hydrogen (secondary N) is 1. The summed E-state index contributed by atoms with van der Waals surface area (Å²) < 4.78 is 25.3. The van der Waals surface area contributed by atoms with Crippen molar-refractivity contribution in [3.05, 3.63) is 18.0 Å². The van der Waals surface area contributed by atoms with Gasteiger partial charge < -0.3 is 5.32 Å². The maximum absolute atomic E-state index is 12.3. The lowest BCUT2D eigenvalue weighted by molar-refractivity contribution is -0.117. The van der Waals surface area contributed by atoms with Crippen LogP contribution in [0.5, 0.6) is 0 Å². The predicted octanol–water partition coefficient (Wildman–Crippen LogP) is 2.21. The third-order valence-corrected chi connectivity index (χ3v) is 4.64. The summed E-state index contributed by atoms with van der Waals surface area (Å²) >= 11 is 0. The van der Waals surface area contributed by atoms with Gasteiger partial charge in [0.1, 0.15) is 4.90 Å². The largest absolute Gasteiger partial charge is 0.309 e. The number of fused-ring (bicyclic) bond motifs is 1. The number of hydrogen-bond donors (Lipinski definition) is 1. The average Bonchev–Trinajstić information content (AvgIpc) is 2.78. The molecule has 0 saturated carbocycles. The first kappa shape index (κ1) is 17.4. The summed E-state index contributed by atoms with van der Waals surface area (Å²) in [6.07, 6.45) is 4.62. The summed E-state index contributed by atoms with van der Waals surface area (Å²) in [6, 6.07) is 1.72. The van der Waals surface area contributed by atoms with Crippen LogP contribution in [0.2, 0.25) is 0 Å². The molecule has 2 heterocycles. The second kappa shape index (κ2) is 6.66. The molecule has 0 aliphatic carbocycles. The summed E-state index contributed by atoms with van der Waals surface area (Å²) in [5.41, 5.74) is 1.19. The number of carbonyl (C=O) groups excluding carboxylic acids is 1. The van der Waals surface area contributed by atoms with Gasteiger partial charge in [0.15, 0.2) is 21.3 Å². The van der Waals surface area contributed by atoms with Crippen LogP contribution in [0.25, 0.3) is 5.65 Å². The lowest BCUT2D eigenvalue weighted by Gasteiger charge is -2.13. The normalized spacial score (nSPS) is 13.2. The monoisotopic (exact) mass is 338 g/mol. The molecule has 1 N–H and O–H groups in total. The molecular formula is C15H22N4O3S. The van der Waals surface area contributed by atoms with Crippen LogP contribution in [-0.4, -0.2) is 35.2 Å². The zero-order valence-electron chi connectivity index (χ0n) is 13.8. The van der Waals surface area contributed by atoms with Gasteiger partial charge >= 0.3 is 0 Å². The van der Waals surface area contributed by atoms with Crippen LogP contribution in [0.15, 0.2) is 17.2 Å². The van der Waals surface area contributed by atoms with Gasteiger partial charge in [-0.25, -0.2) is 13.4 Å². The molecule has 0 saturated heterocycles. The summed E-state index contributed by atoms with van der Waals surface area (Å²) in [6.45, 7) is 5.85. The molecule has 0 aliphatic heterocycles. The lowest BCUT2D eigenvalue weighted by atomic mass is 10.0. The van der Waals surface area contributed by atoms with Gasteiger partial charge in [0.25, 0.3) is 0 Å². The molecule has 0 fully saturated rings. The first-order valence-electron chi connectivity index (χ1n) is 7.57. The molecule has 2 rings (SSSR count). The molecule has 0 radical (unpaired) electrons. The fourth-order valence-electron chi connectivity index (χ4n) is 2.51. The predicted molar refractivity (Wildman–Crippen MR) is 88.2 cm³/mol. The summed E-state index contributed by atoms with van der Waals surface area (Å²) in [4.78, 5) is 16.3. The smallest absolute Gasteiger partial charge is 0.225 e. The maximum atomic E-state index is 12.3. The van der Waals surface area contributed by atoms with Crippen LogP contribution in [0.1, 0.15) is 38.8 Å². The molecule has 7 nitrogen and oxygen atoms in total. The summed E-state index contributed by atoms with van der Waals surface area (Å²) in [7, 11) is -3.54. The van der Waals surface area contributed by atoms with Gasteiger partial charge in [0.05, 0.1) is 11.9 Å². The van der Waals surface area contributed by atoms with Crippen LogP contribution in [0.4, 0.5) is 5.82 Å². The number of sulfone groups is 1. The highest BCUT2D eigenvalue weighted by Crippen LogP contribution is 2.22. The highest BCUT2D eigenvalue weighted by Gasteiger charge is 2.21. The van der Waals surface area contributed by atoms with Crippen molar-refractivity contribution < 1.29 is 13.2 Å². The maximum Gasteiger partial charge on any atom is 0.225 e. The molecule has 0 aromatic carbocycles. The molecular weight excluding hydrogens is 316 g/mol. The molecule has 0 aliphatic rings. The van der Waals surface area contributed by atoms with E-state index in [9.17, 15) is 13.2 Å². The van der Waals surface area contributed by atoms with Gasteiger partial charge in [-0.2, -0.15) is 9.61 Å². The van der Waals surface area contributed by atoms with E-state index in [-0.39, 0.29) is 22.5 Å². The van der Waals surface area contributed by atoms with E-state index in [1.165, 1.54) is 10.7 Å². The minimum absolute atomic E-state index is 0.0374.